The van der Waals surface area contributed by atoms with Crippen molar-refractivity contribution in [1.82, 2.24) is 29.8 Å². The summed E-state index contributed by atoms with van der Waals surface area (Å²) in [6, 6.07) is 7.88. The highest BCUT2D eigenvalue weighted by Gasteiger charge is 2.29. The predicted molar refractivity (Wildman–Crippen MR) is 105 cm³/mol. The highest BCUT2D eigenvalue weighted by atomic mass is 16.5. The van der Waals surface area contributed by atoms with E-state index in [4.69, 9.17) is 4.74 Å². The minimum atomic E-state index is 0.204. The number of rotatable bonds is 5. The molecule has 0 amide bonds. The Bertz CT molecular complexity index is 1100. The second-order valence-electron chi connectivity index (χ2n) is 7.11. The molecule has 1 aliphatic carbocycles. The van der Waals surface area contributed by atoms with Crippen molar-refractivity contribution in [2.24, 2.45) is 0 Å². The van der Waals surface area contributed by atoms with Gasteiger partial charge in [-0.3, -0.25) is 10.1 Å². The van der Waals surface area contributed by atoms with Gasteiger partial charge in [-0.15, -0.1) is 0 Å². The van der Waals surface area contributed by atoms with E-state index in [1.807, 2.05) is 31.3 Å². The van der Waals surface area contributed by atoms with Gasteiger partial charge in [-0.25, -0.2) is 9.50 Å². The first-order valence-electron chi connectivity index (χ1n) is 9.45. The van der Waals surface area contributed by atoms with Crippen LogP contribution in [0.4, 0.5) is 11.6 Å². The molecule has 0 unspecified atom stereocenters. The molecule has 0 aromatic carbocycles. The molecule has 4 heterocycles. The Morgan fingerprint density at radius 3 is 3.07 bits per heavy atom. The summed E-state index contributed by atoms with van der Waals surface area (Å²) in [4.78, 5) is 8.69. The van der Waals surface area contributed by atoms with Gasteiger partial charge in [-0.05, 0) is 44.4 Å². The van der Waals surface area contributed by atoms with E-state index >= 15 is 0 Å². The highest BCUT2D eigenvalue weighted by molar-refractivity contribution is 5.71. The molecule has 0 saturated heterocycles. The minimum Gasteiger partial charge on any atom is -0.489 e. The van der Waals surface area contributed by atoms with E-state index in [9.17, 15) is 0 Å². The van der Waals surface area contributed by atoms with Crippen molar-refractivity contribution >= 4 is 17.2 Å². The molecule has 1 aliphatic rings. The van der Waals surface area contributed by atoms with Crippen LogP contribution in [0.3, 0.4) is 0 Å². The van der Waals surface area contributed by atoms with Crippen molar-refractivity contribution in [2.45, 2.75) is 38.2 Å². The summed E-state index contributed by atoms with van der Waals surface area (Å²) in [6.45, 7) is 1.98. The second kappa shape index (κ2) is 6.95. The lowest BCUT2D eigenvalue weighted by molar-refractivity contribution is 0.205. The molecule has 0 radical (unpaired) electrons. The Morgan fingerprint density at radius 2 is 2.14 bits per heavy atom. The number of nitrogens with zero attached hydrogens (tertiary/aromatic N) is 5. The van der Waals surface area contributed by atoms with Gasteiger partial charge in [0.1, 0.15) is 11.3 Å². The maximum Gasteiger partial charge on any atom is 0.157 e. The van der Waals surface area contributed by atoms with Crippen molar-refractivity contribution in [3.8, 4) is 5.75 Å². The molecular formula is C20H21N7O. The smallest absolute Gasteiger partial charge is 0.157 e. The zero-order valence-electron chi connectivity index (χ0n) is 15.5. The number of H-pyrrole nitrogens is 1. The van der Waals surface area contributed by atoms with Crippen LogP contribution < -0.4 is 10.1 Å². The Hall–Kier alpha value is -3.42. The lowest BCUT2D eigenvalue weighted by Gasteiger charge is -2.15. The van der Waals surface area contributed by atoms with E-state index in [2.05, 4.69) is 36.6 Å². The molecule has 5 rings (SSSR count). The maximum absolute atomic E-state index is 6.17. The first-order chi connectivity index (χ1) is 13.8. The molecule has 0 spiro atoms. The van der Waals surface area contributed by atoms with Crippen LogP contribution in [0.5, 0.6) is 5.75 Å². The Kier molecular flexibility index (Phi) is 4.16. The van der Waals surface area contributed by atoms with Gasteiger partial charge in [-0.2, -0.15) is 10.2 Å². The SMILES string of the molecule is Cc1ncccc1O[C@H]1CC[C@@H](c2cc(Nc3nccn4nccc34)n[nH]2)C1. The first kappa shape index (κ1) is 16.7. The number of ether oxygens (including phenoxy) is 1. The zero-order chi connectivity index (χ0) is 18.9. The molecule has 28 heavy (non-hydrogen) atoms. The Balaban J connectivity index is 1.26. The normalized spacial score (nSPS) is 19.2. The van der Waals surface area contributed by atoms with Crippen molar-refractivity contribution in [1.29, 1.82) is 0 Å². The first-order valence-corrected chi connectivity index (χ1v) is 9.45. The van der Waals surface area contributed by atoms with E-state index in [1.54, 1.807) is 23.1 Å². The summed E-state index contributed by atoms with van der Waals surface area (Å²) in [5.74, 6) is 2.77. The molecule has 0 aliphatic heterocycles. The average Bonchev–Trinajstić information content (AvgIpc) is 3.44. The van der Waals surface area contributed by atoms with E-state index in [1.165, 1.54) is 0 Å². The largest absolute Gasteiger partial charge is 0.489 e. The van der Waals surface area contributed by atoms with Crippen molar-refractivity contribution in [3.63, 3.8) is 0 Å². The van der Waals surface area contributed by atoms with Gasteiger partial charge < -0.3 is 10.1 Å². The van der Waals surface area contributed by atoms with Crippen molar-refractivity contribution in [3.05, 3.63) is 60.4 Å². The summed E-state index contributed by atoms with van der Waals surface area (Å²) in [6.07, 6.45) is 10.3. The second-order valence-corrected chi connectivity index (χ2v) is 7.11. The van der Waals surface area contributed by atoms with Crippen LogP contribution in [0, 0.1) is 6.92 Å². The lowest BCUT2D eigenvalue weighted by atomic mass is 10.0. The van der Waals surface area contributed by atoms with Gasteiger partial charge in [0.15, 0.2) is 11.6 Å². The molecule has 2 N–H and O–H groups in total. The maximum atomic E-state index is 6.17. The topological polar surface area (TPSA) is 93.0 Å². The van der Waals surface area contributed by atoms with Gasteiger partial charge in [0, 0.05) is 36.3 Å². The zero-order valence-corrected chi connectivity index (χ0v) is 15.5. The molecule has 142 valence electrons. The van der Waals surface area contributed by atoms with Gasteiger partial charge >= 0.3 is 0 Å². The highest BCUT2D eigenvalue weighted by Crippen LogP contribution is 2.37. The van der Waals surface area contributed by atoms with Crippen molar-refractivity contribution < 1.29 is 4.74 Å². The van der Waals surface area contributed by atoms with Crippen LogP contribution in [-0.4, -0.2) is 35.9 Å². The summed E-state index contributed by atoms with van der Waals surface area (Å²) >= 11 is 0. The van der Waals surface area contributed by atoms with Crippen LogP contribution >= 0.6 is 0 Å². The predicted octanol–water partition coefficient (Wildman–Crippen LogP) is 3.61. The monoisotopic (exact) mass is 375 g/mol. The molecule has 4 aromatic rings. The van der Waals surface area contributed by atoms with Crippen LogP contribution in [0.1, 0.15) is 36.6 Å². The van der Waals surface area contributed by atoms with E-state index in [-0.39, 0.29) is 6.10 Å². The quantitative estimate of drug-likeness (QED) is 0.553. The van der Waals surface area contributed by atoms with E-state index in [0.29, 0.717) is 5.92 Å². The van der Waals surface area contributed by atoms with Gasteiger partial charge in [0.2, 0.25) is 0 Å². The molecule has 8 heteroatoms. The molecule has 4 aromatic heterocycles. The number of anilines is 2. The third-order valence-corrected chi connectivity index (χ3v) is 5.24. The van der Waals surface area contributed by atoms with Crippen molar-refractivity contribution in [2.75, 3.05) is 5.32 Å². The summed E-state index contributed by atoms with van der Waals surface area (Å²) in [5.41, 5.74) is 2.96. The number of hydrogen-bond acceptors (Lipinski definition) is 6. The van der Waals surface area contributed by atoms with Crippen LogP contribution in [-0.2, 0) is 0 Å². The fourth-order valence-electron chi connectivity index (χ4n) is 3.79. The van der Waals surface area contributed by atoms with E-state index < -0.39 is 0 Å². The van der Waals surface area contributed by atoms with Crippen LogP contribution in [0.2, 0.25) is 0 Å². The number of pyridine rings is 1. The Morgan fingerprint density at radius 1 is 1.18 bits per heavy atom. The number of fused-ring (bicyclic) bond motifs is 1. The minimum absolute atomic E-state index is 0.204. The number of aromatic nitrogens is 6. The fourth-order valence-corrected chi connectivity index (χ4v) is 3.79. The summed E-state index contributed by atoms with van der Waals surface area (Å²) < 4.78 is 7.95. The van der Waals surface area contributed by atoms with Gasteiger partial charge in [0.25, 0.3) is 0 Å². The fraction of sp³-hybridized carbons (Fsp3) is 0.300. The molecule has 0 bridgehead atoms. The van der Waals surface area contributed by atoms with Gasteiger partial charge in [-0.1, -0.05) is 0 Å². The number of nitrogens with one attached hydrogen (secondary N) is 2. The molecule has 2 atom stereocenters. The van der Waals surface area contributed by atoms with E-state index in [0.717, 1.165) is 53.6 Å². The standard InChI is InChI=1S/C20H21N7O/c1-13-18(3-2-7-21-13)28-15-5-4-14(11-15)16-12-19(26-25-16)24-20-17-6-8-23-27(17)10-9-22-20/h2-3,6-10,12,14-15H,4-5,11H2,1H3,(H2,22,24,25,26)/t14-,15+/m1/s1. The number of aryl methyl sites for hydroxylation is 1. The number of hydrogen-bond donors (Lipinski definition) is 2. The average molecular weight is 375 g/mol. The Labute approximate surface area is 162 Å². The van der Waals surface area contributed by atoms with Crippen LogP contribution in [0.25, 0.3) is 5.52 Å². The molecule has 8 nitrogen and oxygen atoms in total. The summed E-state index contributed by atoms with van der Waals surface area (Å²) in [5, 5.41) is 15.1. The summed E-state index contributed by atoms with van der Waals surface area (Å²) in [7, 11) is 0. The van der Waals surface area contributed by atoms with Gasteiger partial charge in [0.05, 0.1) is 18.0 Å². The third-order valence-electron chi connectivity index (χ3n) is 5.24. The van der Waals surface area contributed by atoms with Crippen LogP contribution in [0.15, 0.2) is 49.1 Å². The molecule has 1 saturated carbocycles. The molecule has 1 fully saturated rings. The molecular weight excluding hydrogens is 354 g/mol. The number of aromatic amines is 1. The lowest BCUT2D eigenvalue weighted by Crippen LogP contribution is -2.13. The third kappa shape index (κ3) is 3.17.